The third kappa shape index (κ3) is 4.68. The van der Waals surface area contributed by atoms with Crippen LogP contribution in [0.3, 0.4) is 0 Å². The van der Waals surface area contributed by atoms with E-state index in [1.165, 1.54) is 0 Å². The van der Waals surface area contributed by atoms with E-state index < -0.39 is 0 Å². The van der Waals surface area contributed by atoms with Crippen LogP contribution in [0.2, 0.25) is 0 Å². The Kier molecular flexibility index (Phi) is 6.74. The Morgan fingerprint density at radius 1 is 1.39 bits per heavy atom. The highest BCUT2D eigenvalue weighted by atomic mass is 16.5. The molecule has 5 heteroatoms. The van der Waals surface area contributed by atoms with Crippen molar-refractivity contribution in [2.45, 2.75) is 26.2 Å². The minimum Gasteiger partial charge on any atom is -0.383 e. The summed E-state index contributed by atoms with van der Waals surface area (Å²) in [6.07, 6.45) is 4.09. The first-order valence-electron chi connectivity index (χ1n) is 6.23. The highest BCUT2D eigenvalue weighted by Crippen LogP contribution is 2.12. The third-order valence-electron chi connectivity index (χ3n) is 2.60. The topological polar surface area (TPSA) is 62.0 Å². The molecule has 5 nitrogen and oxygen atoms in total. The van der Waals surface area contributed by atoms with Crippen LogP contribution >= 0.6 is 0 Å². The van der Waals surface area contributed by atoms with Crippen molar-refractivity contribution in [3.8, 4) is 6.07 Å². The van der Waals surface area contributed by atoms with E-state index in [0.29, 0.717) is 19.6 Å². The Balaban J connectivity index is 2.75. The minimum absolute atomic E-state index is 0.483. The molecule has 18 heavy (non-hydrogen) atoms. The predicted octanol–water partition coefficient (Wildman–Crippen LogP) is 1.80. The fraction of sp³-hybridized carbons (Fsp3) is 0.615. The van der Waals surface area contributed by atoms with E-state index in [2.05, 4.69) is 27.9 Å². The average Bonchev–Trinajstić information content (AvgIpc) is 2.40. The van der Waals surface area contributed by atoms with Gasteiger partial charge in [0.15, 0.2) is 0 Å². The van der Waals surface area contributed by atoms with Crippen LogP contribution in [0.1, 0.15) is 25.5 Å². The number of hydrogen-bond acceptors (Lipinski definition) is 5. The van der Waals surface area contributed by atoms with Gasteiger partial charge in [0.1, 0.15) is 12.1 Å². The summed E-state index contributed by atoms with van der Waals surface area (Å²) in [5.41, 5.74) is 1.04. The molecule has 0 unspecified atom stereocenters. The van der Waals surface area contributed by atoms with Crippen LogP contribution in [0.25, 0.3) is 0 Å². The molecule has 1 heterocycles. The molecule has 1 aromatic heterocycles. The molecule has 0 aromatic carbocycles. The van der Waals surface area contributed by atoms with Crippen molar-refractivity contribution in [1.82, 2.24) is 9.97 Å². The highest BCUT2D eigenvalue weighted by Gasteiger charge is 2.08. The number of anilines is 1. The van der Waals surface area contributed by atoms with Gasteiger partial charge in [-0.25, -0.2) is 9.97 Å². The molecule has 0 N–H and O–H groups in total. The lowest BCUT2D eigenvalue weighted by Crippen LogP contribution is -2.29. The second-order valence-corrected chi connectivity index (χ2v) is 4.01. The molecule has 0 aliphatic heterocycles. The highest BCUT2D eigenvalue weighted by molar-refractivity contribution is 5.39. The van der Waals surface area contributed by atoms with E-state index >= 15 is 0 Å². The lowest BCUT2D eigenvalue weighted by molar-refractivity contribution is 0.205. The summed E-state index contributed by atoms with van der Waals surface area (Å²) in [5, 5.41) is 8.69. The summed E-state index contributed by atoms with van der Waals surface area (Å²) in [6.45, 7) is 4.15. The normalized spacial score (nSPS) is 10.1. The summed E-state index contributed by atoms with van der Waals surface area (Å²) in [7, 11) is 1.67. The van der Waals surface area contributed by atoms with Gasteiger partial charge in [0, 0.05) is 32.0 Å². The summed E-state index contributed by atoms with van der Waals surface area (Å²) >= 11 is 0. The van der Waals surface area contributed by atoms with Gasteiger partial charge < -0.3 is 9.64 Å². The summed E-state index contributed by atoms with van der Waals surface area (Å²) < 4.78 is 5.08. The Hall–Kier alpha value is -1.67. The van der Waals surface area contributed by atoms with Gasteiger partial charge in [0.2, 0.25) is 0 Å². The smallest absolute Gasteiger partial charge is 0.132 e. The van der Waals surface area contributed by atoms with Gasteiger partial charge >= 0.3 is 0 Å². The van der Waals surface area contributed by atoms with E-state index in [4.69, 9.17) is 10.00 Å². The fourth-order valence-electron chi connectivity index (χ4n) is 1.68. The molecule has 0 saturated carbocycles. The molecule has 0 fully saturated rings. The molecule has 0 bridgehead atoms. The summed E-state index contributed by atoms with van der Waals surface area (Å²) in [5.74, 6) is 0.876. The monoisotopic (exact) mass is 248 g/mol. The lowest BCUT2D eigenvalue weighted by Gasteiger charge is -2.22. The van der Waals surface area contributed by atoms with Gasteiger partial charge in [-0.3, -0.25) is 0 Å². The molecule has 0 saturated heterocycles. The first-order valence-corrected chi connectivity index (χ1v) is 6.23. The molecule has 0 radical (unpaired) electrons. The Morgan fingerprint density at radius 2 is 2.22 bits per heavy atom. The minimum atomic E-state index is 0.483. The van der Waals surface area contributed by atoms with E-state index in [1.54, 1.807) is 13.4 Å². The van der Waals surface area contributed by atoms with Crippen molar-refractivity contribution < 1.29 is 4.74 Å². The average molecular weight is 248 g/mol. The zero-order valence-corrected chi connectivity index (χ0v) is 11.1. The van der Waals surface area contributed by atoms with Crippen molar-refractivity contribution in [3.63, 3.8) is 0 Å². The first kappa shape index (κ1) is 14.4. The van der Waals surface area contributed by atoms with Crippen molar-refractivity contribution in [2.75, 3.05) is 31.7 Å². The second kappa shape index (κ2) is 8.43. The fourth-order valence-corrected chi connectivity index (χ4v) is 1.68. The zero-order chi connectivity index (χ0) is 13.2. The zero-order valence-electron chi connectivity index (χ0n) is 11.1. The van der Waals surface area contributed by atoms with Gasteiger partial charge in [-0.1, -0.05) is 13.3 Å². The van der Waals surface area contributed by atoms with Crippen LogP contribution in [0.15, 0.2) is 12.4 Å². The van der Waals surface area contributed by atoms with Crippen LogP contribution in [0, 0.1) is 11.3 Å². The Bertz CT molecular complexity index is 389. The Morgan fingerprint density at radius 3 is 2.89 bits per heavy atom. The molecule has 0 atom stereocenters. The molecule has 0 amide bonds. The van der Waals surface area contributed by atoms with Crippen LogP contribution in [-0.2, 0) is 11.2 Å². The van der Waals surface area contributed by atoms with Gasteiger partial charge in [-0.15, -0.1) is 0 Å². The SMILES string of the molecule is CCCc1cc(N(CCC#N)CCOC)ncn1. The van der Waals surface area contributed by atoms with Gasteiger partial charge in [0.25, 0.3) is 0 Å². The predicted molar refractivity (Wildman–Crippen MR) is 70.3 cm³/mol. The number of aromatic nitrogens is 2. The van der Waals surface area contributed by atoms with E-state index in [0.717, 1.165) is 30.9 Å². The quantitative estimate of drug-likeness (QED) is 0.702. The maximum atomic E-state index is 8.69. The maximum absolute atomic E-state index is 8.69. The third-order valence-corrected chi connectivity index (χ3v) is 2.60. The second-order valence-electron chi connectivity index (χ2n) is 4.01. The maximum Gasteiger partial charge on any atom is 0.132 e. The summed E-state index contributed by atoms with van der Waals surface area (Å²) in [6, 6.07) is 4.15. The molecule has 0 aliphatic carbocycles. The number of ether oxygens (including phenoxy) is 1. The standard InChI is InChI=1S/C13H20N4O/c1-3-5-12-10-13(16-11-15-12)17(7-4-6-14)8-9-18-2/h10-11H,3-5,7-9H2,1-2H3. The number of nitriles is 1. The van der Waals surface area contributed by atoms with Crippen LogP contribution in [0.5, 0.6) is 0 Å². The first-order chi connectivity index (χ1) is 8.81. The van der Waals surface area contributed by atoms with Gasteiger partial charge in [0.05, 0.1) is 19.1 Å². The van der Waals surface area contributed by atoms with Crippen molar-refractivity contribution in [1.29, 1.82) is 5.26 Å². The molecule has 1 aromatic rings. The molecule has 0 aliphatic rings. The van der Waals surface area contributed by atoms with Gasteiger partial charge in [-0.05, 0) is 6.42 Å². The van der Waals surface area contributed by atoms with Crippen LogP contribution in [0.4, 0.5) is 5.82 Å². The van der Waals surface area contributed by atoms with E-state index in [1.807, 2.05) is 6.07 Å². The van der Waals surface area contributed by atoms with Gasteiger partial charge in [-0.2, -0.15) is 5.26 Å². The van der Waals surface area contributed by atoms with Crippen molar-refractivity contribution >= 4 is 5.82 Å². The number of nitrogens with zero attached hydrogens (tertiary/aromatic N) is 4. The Labute approximate surface area is 108 Å². The molecule has 0 spiro atoms. The van der Waals surface area contributed by atoms with Crippen LogP contribution < -0.4 is 4.90 Å². The molecule has 98 valence electrons. The largest absolute Gasteiger partial charge is 0.383 e. The lowest BCUT2D eigenvalue weighted by atomic mass is 10.2. The number of rotatable bonds is 8. The number of hydrogen-bond donors (Lipinski definition) is 0. The van der Waals surface area contributed by atoms with Crippen LogP contribution in [-0.4, -0.2) is 36.8 Å². The molecular weight excluding hydrogens is 228 g/mol. The number of aryl methyl sites for hydroxylation is 1. The number of methoxy groups -OCH3 is 1. The molecular formula is C13H20N4O. The van der Waals surface area contributed by atoms with Crippen molar-refractivity contribution in [3.05, 3.63) is 18.1 Å². The van der Waals surface area contributed by atoms with E-state index in [-0.39, 0.29) is 0 Å². The summed E-state index contributed by atoms with van der Waals surface area (Å²) in [4.78, 5) is 10.6. The van der Waals surface area contributed by atoms with E-state index in [9.17, 15) is 0 Å². The van der Waals surface area contributed by atoms with Crippen molar-refractivity contribution in [2.24, 2.45) is 0 Å². The molecule has 1 rings (SSSR count).